The summed E-state index contributed by atoms with van der Waals surface area (Å²) in [5, 5.41) is 2.43. The normalized spacial score (nSPS) is 11.3. The Balaban J connectivity index is 1.13. The quantitative estimate of drug-likeness (QED) is 0.184. The minimum absolute atomic E-state index is 0.941. The molecule has 230 valence electrons. The lowest BCUT2D eigenvalue weighted by molar-refractivity contribution is 1.17. The standard InChI is InChI=1S/C46H31N3/c1-3-9-32(10-4-1)34-15-19-37(20-16-34)43-29-39(30-44(48-43)38-21-17-35(18-22-38)33-11-5-2-6-12-33)36-23-25-40(26-24-36)49-45-14-8-7-13-41(45)42-27-28-47-31-46(42)49/h1-31H. The lowest BCUT2D eigenvalue weighted by atomic mass is 9.97. The molecule has 0 fully saturated rings. The van der Waals surface area contributed by atoms with Crippen LogP contribution in [-0.2, 0) is 0 Å². The van der Waals surface area contributed by atoms with E-state index < -0.39 is 0 Å². The molecule has 0 N–H and O–H groups in total. The van der Waals surface area contributed by atoms with Crippen molar-refractivity contribution in [2.45, 2.75) is 0 Å². The van der Waals surface area contributed by atoms with Gasteiger partial charge in [0.25, 0.3) is 0 Å². The first-order valence-corrected chi connectivity index (χ1v) is 16.6. The maximum absolute atomic E-state index is 5.22. The van der Waals surface area contributed by atoms with Gasteiger partial charge in [0.15, 0.2) is 0 Å². The van der Waals surface area contributed by atoms with Crippen LogP contribution in [0.25, 0.3) is 83.4 Å². The molecule has 3 nitrogen and oxygen atoms in total. The van der Waals surface area contributed by atoms with Gasteiger partial charge in [0.05, 0.1) is 28.6 Å². The summed E-state index contributed by atoms with van der Waals surface area (Å²) in [6, 6.07) is 62.3. The first kappa shape index (κ1) is 28.6. The molecule has 0 spiro atoms. The minimum atomic E-state index is 0.941. The molecule has 0 aliphatic carbocycles. The fraction of sp³-hybridized carbons (Fsp3) is 0. The molecule has 0 saturated carbocycles. The zero-order valence-electron chi connectivity index (χ0n) is 26.7. The highest BCUT2D eigenvalue weighted by Gasteiger charge is 2.14. The Morgan fingerprint density at radius 2 is 0.796 bits per heavy atom. The summed E-state index contributed by atoms with van der Waals surface area (Å²) < 4.78 is 2.30. The van der Waals surface area contributed by atoms with Crippen LogP contribution in [0.2, 0.25) is 0 Å². The molecule has 3 heterocycles. The highest BCUT2D eigenvalue weighted by molar-refractivity contribution is 6.08. The van der Waals surface area contributed by atoms with Crippen LogP contribution >= 0.6 is 0 Å². The van der Waals surface area contributed by atoms with E-state index in [1.807, 2.05) is 24.5 Å². The van der Waals surface area contributed by atoms with E-state index in [4.69, 9.17) is 4.98 Å². The van der Waals surface area contributed by atoms with E-state index in [0.29, 0.717) is 0 Å². The van der Waals surface area contributed by atoms with E-state index in [1.54, 1.807) is 0 Å². The molecular formula is C46H31N3. The number of pyridine rings is 2. The molecule has 0 bridgehead atoms. The Morgan fingerprint density at radius 3 is 1.39 bits per heavy atom. The van der Waals surface area contributed by atoms with Crippen LogP contribution in [0, 0.1) is 0 Å². The topological polar surface area (TPSA) is 30.7 Å². The Morgan fingerprint density at radius 1 is 0.347 bits per heavy atom. The summed E-state index contributed by atoms with van der Waals surface area (Å²) in [6.07, 6.45) is 3.82. The lowest BCUT2D eigenvalue weighted by Gasteiger charge is -2.13. The zero-order valence-corrected chi connectivity index (χ0v) is 26.7. The molecule has 0 radical (unpaired) electrons. The number of para-hydroxylation sites is 1. The second-order valence-corrected chi connectivity index (χ2v) is 12.3. The van der Waals surface area contributed by atoms with Gasteiger partial charge in [0.2, 0.25) is 0 Å². The second kappa shape index (κ2) is 12.2. The number of fused-ring (bicyclic) bond motifs is 3. The van der Waals surface area contributed by atoms with Crippen molar-refractivity contribution in [3.8, 4) is 61.6 Å². The van der Waals surface area contributed by atoms with E-state index in [-0.39, 0.29) is 0 Å². The number of hydrogen-bond acceptors (Lipinski definition) is 2. The van der Waals surface area contributed by atoms with Gasteiger partial charge in [-0.2, -0.15) is 0 Å². The third kappa shape index (κ3) is 5.38. The van der Waals surface area contributed by atoms with Crippen LogP contribution in [0.1, 0.15) is 0 Å². The van der Waals surface area contributed by atoms with Gasteiger partial charge in [-0.05, 0) is 69.8 Å². The SMILES string of the molecule is c1ccc(-c2ccc(-c3cc(-c4ccc(-n5c6ccccc6c6ccncc65)cc4)cc(-c4ccc(-c5ccccc5)cc4)n3)cc2)cc1. The summed E-state index contributed by atoms with van der Waals surface area (Å²) in [5.74, 6) is 0. The summed E-state index contributed by atoms with van der Waals surface area (Å²) in [4.78, 5) is 9.67. The maximum atomic E-state index is 5.22. The summed E-state index contributed by atoms with van der Waals surface area (Å²) >= 11 is 0. The number of rotatable bonds is 6. The average Bonchev–Trinajstić information content (AvgIpc) is 3.53. The van der Waals surface area contributed by atoms with Crippen molar-refractivity contribution >= 4 is 21.8 Å². The van der Waals surface area contributed by atoms with Crippen LogP contribution < -0.4 is 0 Å². The molecule has 3 aromatic heterocycles. The number of aromatic nitrogens is 3. The van der Waals surface area contributed by atoms with Gasteiger partial charge in [-0.15, -0.1) is 0 Å². The zero-order chi connectivity index (χ0) is 32.6. The van der Waals surface area contributed by atoms with E-state index in [2.05, 4.69) is 173 Å². The molecule has 49 heavy (non-hydrogen) atoms. The summed E-state index contributed by atoms with van der Waals surface area (Å²) in [7, 11) is 0. The third-order valence-electron chi connectivity index (χ3n) is 9.34. The summed E-state index contributed by atoms with van der Waals surface area (Å²) in [6.45, 7) is 0. The number of nitrogens with zero attached hydrogens (tertiary/aromatic N) is 3. The van der Waals surface area contributed by atoms with Crippen molar-refractivity contribution in [1.29, 1.82) is 0 Å². The highest BCUT2D eigenvalue weighted by Crippen LogP contribution is 2.35. The second-order valence-electron chi connectivity index (χ2n) is 12.3. The summed E-state index contributed by atoms with van der Waals surface area (Å²) in [5.41, 5.74) is 14.5. The number of hydrogen-bond donors (Lipinski definition) is 0. The molecule has 0 atom stereocenters. The highest BCUT2D eigenvalue weighted by atomic mass is 15.0. The van der Waals surface area contributed by atoms with E-state index in [0.717, 1.165) is 44.8 Å². The van der Waals surface area contributed by atoms with Crippen molar-refractivity contribution < 1.29 is 0 Å². The van der Waals surface area contributed by atoms with Crippen LogP contribution in [-0.4, -0.2) is 14.5 Å². The Hall–Kier alpha value is -6.58. The fourth-order valence-electron chi connectivity index (χ4n) is 6.82. The van der Waals surface area contributed by atoms with Crippen molar-refractivity contribution in [1.82, 2.24) is 14.5 Å². The van der Waals surface area contributed by atoms with Crippen molar-refractivity contribution in [2.75, 3.05) is 0 Å². The molecule has 9 aromatic rings. The Labute approximate surface area is 285 Å². The third-order valence-corrected chi connectivity index (χ3v) is 9.34. The molecule has 6 aromatic carbocycles. The van der Waals surface area contributed by atoms with Crippen LogP contribution in [0.4, 0.5) is 0 Å². The van der Waals surface area contributed by atoms with Crippen molar-refractivity contribution in [2.24, 2.45) is 0 Å². The largest absolute Gasteiger partial charge is 0.308 e. The monoisotopic (exact) mass is 625 g/mol. The maximum Gasteiger partial charge on any atom is 0.0724 e. The molecule has 0 unspecified atom stereocenters. The lowest BCUT2D eigenvalue weighted by Crippen LogP contribution is -1.95. The van der Waals surface area contributed by atoms with Gasteiger partial charge in [-0.3, -0.25) is 4.98 Å². The van der Waals surface area contributed by atoms with Crippen molar-refractivity contribution in [3.05, 3.63) is 188 Å². The molecule has 0 saturated heterocycles. The average molecular weight is 626 g/mol. The first-order chi connectivity index (χ1) is 24.3. The molecule has 0 aliphatic heterocycles. The van der Waals surface area contributed by atoms with Gasteiger partial charge in [-0.25, -0.2) is 4.98 Å². The van der Waals surface area contributed by atoms with Gasteiger partial charge in [0, 0.05) is 33.8 Å². The van der Waals surface area contributed by atoms with Gasteiger partial charge in [-0.1, -0.05) is 140 Å². The predicted octanol–water partition coefficient (Wildman–Crippen LogP) is 11.9. The smallest absolute Gasteiger partial charge is 0.0724 e. The fourth-order valence-corrected chi connectivity index (χ4v) is 6.82. The van der Waals surface area contributed by atoms with Crippen LogP contribution in [0.15, 0.2) is 188 Å². The van der Waals surface area contributed by atoms with Crippen LogP contribution in [0.3, 0.4) is 0 Å². The molecular weight excluding hydrogens is 595 g/mol. The minimum Gasteiger partial charge on any atom is -0.308 e. The number of benzene rings is 6. The van der Waals surface area contributed by atoms with E-state index in [1.165, 1.54) is 38.5 Å². The molecule has 0 amide bonds. The Bertz CT molecular complexity index is 2390. The molecule has 0 aliphatic rings. The van der Waals surface area contributed by atoms with Gasteiger partial charge in [0.1, 0.15) is 0 Å². The predicted molar refractivity (Wildman–Crippen MR) is 204 cm³/mol. The first-order valence-electron chi connectivity index (χ1n) is 16.6. The van der Waals surface area contributed by atoms with Crippen molar-refractivity contribution in [3.63, 3.8) is 0 Å². The van der Waals surface area contributed by atoms with E-state index >= 15 is 0 Å². The van der Waals surface area contributed by atoms with Gasteiger partial charge < -0.3 is 4.57 Å². The molecule has 3 heteroatoms. The van der Waals surface area contributed by atoms with Crippen LogP contribution in [0.5, 0.6) is 0 Å². The van der Waals surface area contributed by atoms with E-state index in [9.17, 15) is 0 Å². The Kier molecular flexibility index (Phi) is 7.14. The molecule has 9 rings (SSSR count). The van der Waals surface area contributed by atoms with Gasteiger partial charge >= 0.3 is 0 Å².